The van der Waals surface area contributed by atoms with Crippen LogP contribution in [0, 0.1) is 6.92 Å². The molecule has 1 N–H and O–H groups in total. The molecule has 0 bridgehead atoms. The van der Waals surface area contributed by atoms with E-state index in [2.05, 4.69) is 45.2 Å². The van der Waals surface area contributed by atoms with Crippen LogP contribution in [0.2, 0.25) is 0 Å². The molecule has 21 heavy (non-hydrogen) atoms. The lowest BCUT2D eigenvalue weighted by molar-refractivity contribution is 0.899. The van der Waals surface area contributed by atoms with E-state index in [-0.39, 0.29) is 0 Å². The topological polar surface area (TPSA) is 53.9 Å². The first-order valence-corrected chi connectivity index (χ1v) is 7.55. The summed E-state index contributed by atoms with van der Waals surface area (Å²) in [6, 6.07) is 6.19. The fraction of sp³-hybridized carbons (Fsp3) is 0.267. The van der Waals surface area contributed by atoms with Crippen LogP contribution < -0.4 is 10.2 Å². The van der Waals surface area contributed by atoms with Gasteiger partial charge in [-0.05, 0) is 30.7 Å². The van der Waals surface area contributed by atoms with Crippen LogP contribution in [0.1, 0.15) is 10.4 Å². The van der Waals surface area contributed by atoms with E-state index in [4.69, 9.17) is 0 Å². The van der Waals surface area contributed by atoms with Crippen molar-refractivity contribution < 1.29 is 0 Å². The summed E-state index contributed by atoms with van der Waals surface area (Å²) in [6.45, 7) is 2.88. The van der Waals surface area contributed by atoms with Crippen LogP contribution in [0.4, 0.5) is 11.8 Å². The number of hydrogen-bond acceptors (Lipinski definition) is 6. The minimum absolute atomic E-state index is 0.654. The smallest absolute Gasteiger partial charge is 0.225 e. The molecule has 3 heterocycles. The van der Waals surface area contributed by atoms with Crippen LogP contribution in [0.25, 0.3) is 10.2 Å². The summed E-state index contributed by atoms with van der Waals surface area (Å²) < 4.78 is 0. The molecule has 3 aromatic rings. The van der Waals surface area contributed by atoms with E-state index in [0.717, 1.165) is 22.6 Å². The standard InChI is InChI=1S/C15H17N5S/c1-10-8-12-13(18-15(16-2)19-14(12)21-10)20(3)9-11-4-6-17-7-5-11/h4-8H,9H2,1-3H3,(H,16,18,19). The fourth-order valence-corrected chi connectivity index (χ4v) is 3.14. The summed E-state index contributed by atoms with van der Waals surface area (Å²) in [7, 11) is 3.89. The van der Waals surface area contributed by atoms with Gasteiger partial charge in [0.05, 0.1) is 5.39 Å². The maximum Gasteiger partial charge on any atom is 0.225 e. The predicted octanol–water partition coefficient (Wildman–Crippen LogP) is 3.07. The van der Waals surface area contributed by atoms with Crippen molar-refractivity contribution in [3.8, 4) is 0 Å². The quantitative estimate of drug-likeness (QED) is 0.802. The van der Waals surface area contributed by atoms with Crippen molar-refractivity contribution in [3.63, 3.8) is 0 Å². The van der Waals surface area contributed by atoms with Gasteiger partial charge in [0.15, 0.2) is 0 Å². The van der Waals surface area contributed by atoms with Gasteiger partial charge in [-0.1, -0.05) is 0 Å². The Hall–Kier alpha value is -2.21. The number of thiophene rings is 1. The molecule has 0 saturated carbocycles. The molecule has 0 unspecified atom stereocenters. The van der Waals surface area contributed by atoms with Crippen LogP contribution in [-0.4, -0.2) is 29.0 Å². The Morgan fingerprint density at radius 1 is 1.24 bits per heavy atom. The van der Waals surface area contributed by atoms with Crippen LogP contribution in [0.5, 0.6) is 0 Å². The molecule has 6 heteroatoms. The number of hydrogen-bond donors (Lipinski definition) is 1. The van der Waals surface area contributed by atoms with Crippen LogP contribution >= 0.6 is 11.3 Å². The molecule has 0 aliphatic heterocycles. The first-order valence-electron chi connectivity index (χ1n) is 6.73. The van der Waals surface area contributed by atoms with Gasteiger partial charge in [-0.15, -0.1) is 11.3 Å². The number of nitrogens with zero attached hydrogens (tertiary/aromatic N) is 4. The maximum absolute atomic E-state index is 4.62. The van der Waals surface area contributed by atoms with E-state index in [1.807, 2.05) is 31.6 Å². The minimum Gasteiger partial charge on any atom is -0.357 e. The molecule has 108 valence electrons. The molecule has 0 amide bonds. The fourth-order valence-electron chi connectivity index (χ4n) is 2.27. The highest BCUT2D eigenvalue weighted by atomic mass is 32.1. The summed E-state index contributed by atoms with van der Waals surface area (Å²) in [4.78, 5) is 17.6. The second-order valence-corrected chi connectivity index (χ2v) is 6.14. The Morgan fingerprint density at radius 3 is 2.71 bits per heavy atom. The van der Waals surface area contributed by atoms with Gasteiger partial charge in [-0.25, -0.2) is 4.98 Å². The number of aromatic nitrogens is 3. The lowest BCUT2D eigenvalue weighted by atomic mass is 10.2. The number of pyridine rings is 1. The average molecular weight is 299 g/mol. The van der Waals surface area contributed by atoms with Gasteiger partial charge in [0.25, 0.3) is 0 Å². The molecule has 0 fully saturated rings. The second kappa shape index (κ2) is 5.65. The molecule has 3 rings (SSSR count). The highest BCUT2D eigenvalue weighted by Crippen LogP contribution is 2.31. The Bertz CT molecular complexity index is 753. The van der Waals surface area contributed by atoms with Crippen molar-refractivity contribution in [2.24, 2.45) is 0 Å². The molecule has 0 saturated heterocycles. The van der Waals surface area contributed by atoms with Crippen molar-refractivity contribution >= 4 is 33.3 Å². The Balaban J connectivity index is 2.01. The van der Waals surface area contributed by atoms with Crippen molar-refractivity contribution in [1.82, 2.24) is 15.0 Å². The molecule has 3 aromatic heterocycles. The van der Waals surface area contributed by atoms with Gasteiger partial charge in [0.1, 0.15) is 10.6 Å². The zero-order chi connectivity index (χ0) is 14.8. The average Bonchev–Trinajstić information content (AvgIpc) is 2.87. The summed E-state index contributed by atoms with van der Waals surface area (Å²) in [5.74, 6) is 1.60. The normalized spacial score (nSPS) is 10.8. The molecular formula is C15H17N5S. The third kappa shape index (κ3) is 2.80. The monoisotopic (exact) mass is 299 g/mol. The first-order chi connectivity index (χ1) is 10.2. The highest BCUT2D eigenvalue weighted by molar-refractivity contribution is 7.18. The number of rotatable bonds is 4. The van der Waals surface area contributed by atoms with Crippen LogP contribution in [0.3, 0.4) is 0 Å². The number of nitrogens with one attached hydrogen (secondary N) is 1. The first kappa shape index (κ1) is 13.8. The largest absolute Gasteiger partial charge is 0.357 e. The van der Waals surface area contributed by atoms with Gasteiger partial charge in [-0.2, -0.15) is 4.98 Å². The Labute approximate surface area is 127 Å². The number of aryl methyl sites for hydroxylation is 1. The van der Waals surface area contributed by atoms with E-state index in [1.54, 1.807) is 11.3 Å². The van der Waals surface area contributed by atoms with Crippen LogP contribution in [-0.2, 0) is 6.54 Å². The SMILES string of the molecule is CNc1nc(N(C)Cc2ccncc2)c2cc(C)sc2n1. The number of fused-ring (bicyclic) bond motifs is 1. The molecule has 0 radical (unpaired) electrons. The molecular weight excluding hydrogens is 282 g/mol. The molecule has 0 aromatic carbocycles. The summed E-state index contributed by atoms with van der Waals surface area (Å²) >= 11 is 1.69. The van der Waals surface area contributed by atoms with Crippen LogP contribution in [0.15, 0.2) is 30.6 Å². The van der Waals surface area contributed by atoms with E-state index >= 15 is 0 Å². The summed E-state index contributed by atoms with van der Waals surface area (Å²) in [5.41, 5.74) is 1.21. The minimum atomic E-state index is 0.654. The summed E-state index contributed by atoms with van der Waals surface area (Å²) in [6.07, 6.45) is 3.62. The zero-order valence-electron chi connectivity index (χ0n) is 12.3. The number of anilines is 2. The Kier molecular flexibility index (Phi) is 3.70. The van der Waals surface area contributed by atoms with Gasteiger partial charge < -0.3 is 10.2 Å². The molecule has 0 spiro atoms. The van der Waals surface area contributed by atoms with Gasteiger partial charge in [0.2, 0.25) is 5.95 Å². The van der Waals surface area contributed by atoms with E-state index < -0.39 is 0 Å². The molecule has 0 aliphatic rings. The highest BCUT2D eigenvalue weighted by Gasteiger charge is 2.13. The van der Waals surface area contributed by atoms with Crippen molar-refractivity contribution in [2.45, 2.75) is 13.5 Å². The predicted molar refractivity (Wildman–Crippen MR) is 88.0 cm³/mol. The van der Waals surface area contributed by atoms with Crippen molar-refractivity contribution in [3.05, 3.63) is 41.0 Å². The Morgan fingerprint density at radius 2 is 2.00 bits per heavy atom. The maximum atomic E-state index is 4.62. The van der Waals surface area contributed by atoms with E-state index in [0.29, 0.717) is 5.95 Å². The van der Waals surface area contributed by atoms with Gasteiger partial charge in [-0.3, -0.25) is 4.98 Å². The van der Waals surface area contributed by atoms with Gasteiger partial charge >= 0.3 is 0 Å². The molecule has 5 nitrogen and oxygen atoms in total. The third-order valence-corrected chi connectivity index (χ3v) is 4.19. The molecule has 0 aliphatic carbocycles. The van der Waals surface area contributed by atoms with Crippen molar-refractivity contribution in [2.75, 3.05) is 24.3 Å². The van der Waals surface area contributed by atoms with E-state index in [1.165, 1.54) is 10.4 Å². The lowest BCUT2D eigenvalue weighted by Gasteiger charge is -2.19. The molecule has 0 atom stereocenters. The van der Waals surface area contributed by atoms with Gasteiger partial charge in [0, 0.05) is 37.9 Å². The summed E-state index contributed by atoms with van der Waals surface area (Å²) in [5, 5.41) is 4.14. The second-order valence-electron chi connectivity index (χ2n) is 4.91. The van der Waals surface area contributed by atoms with E-state index in [9.17, 15) is 0 Å². The third-order valence-electron chi connectivity index (χ3n) is 3.25. The lowest BCUT2D eigenvalue weighted by Crippen LogP contribution is -2.18. The zero-order valence-corrected chi connectivity index (χ0v) is 13.1. The van der Waals surface area contributed by atoms with Crippen molar-refractivity contribution in [1.29, 1.82) is 0 Å².